The van der Waals surface area contributed by atoms with Gasteiger partial charge in [-0.1, -0.05) is 13.0 Å². The number of hydrogen-bond donors (Lipinski definition) is 1. The number of ether oxygens (including phenoxy) is 1. The second kappa shape index (κ2) is 5.96. The third-order valence-corrected chi connectivity index (χ3v) is 4.29. The lowest BCUT2D eigenvalue weighted by Crippen LogP contribution is -2.53. The van der Waals surface area contributed by atoms with Crippen LogP contribution in [0, 0.1) is 0 Å². The third-order valence-electron chi connectivity index (χ3n) is 4.29. The molecular formula is C16H21N3O3. The number of fused-ring (bicyclic) bond motifs is 1. The molecule has 2 aliphatic rings. The Labute approximate surface area is 130 Å². The van der Waals surface area contributed by atoms with Gasteiger partial charge in [0.15, 0.2) is 12.4 Å². The first-order valence-electron chi connectivity index (χ1n) is 7.65. The molecule has 2 heterocycles. The number of nitrogens with zero attached hydrogens (tertiary/aromatic N) is 2. The van der Waals surface area contributed by atoms with E-state index in [4.69, 9.17) is 4.74 Å². The van der Waals surface area contributed by atoms with E-state index in [1.54, 1.807) is 18.2 Å². The average molecular weight is 303 g/mol. The van der Waals surface area contributed by atoms with Gasteiger partial charge < -0.3 is 19.9 Å². The molecule has 0 spiro atoms. The van der Waals surface area contributed by atoms with Gasteiger partial charge in [-0.25, -0.2) is 0 Å². The second-order valence-electron chi connectivity index (χ2n) is 5.84. The summed E-state index contributed by atoms with van der Waals surface area (Å²) in [6.45, 7) is 4.52. The van der Waals surface area contributed by atoms with Gasteiger partial charge >= 0.3 is 0 Å². The summed E-state index contributed by atoms with van der Waals surface area (Å²) in [5, 5.41) is 2.75. The van der Waals surface area contributed by atoms with E-state index in [1.807, 2.05) is 4.90 Å². The Bertz CT molecular complexity index is 602. The molecule has 118 valence electrons. The van der Waals surface area contributed by atoms with Crippen LogP contribution in [0.25, 0.3) is 0 Å². The Hall–Kier alpha value is -2.08. The number of amides is 2. The number of carbonyl (C=O) groups is 2. The fourth-order valence-corrected chi connectivity index (χ4v) is 3.07. The first-order chi connectivity index (χ1) is 10.6. The summed E-state index contributed by atoms with van der Waals surface area (Å²) in [6.07, 6.45) is 0.919. The molecular weight excluding hydrogens is 282 g/mol. The van der Waals surface area contributed by atoms with Gasteiger partial charge in [0, 0.05) is 25.7 Å². The van der Waals surface area contributed by atoms with Gasteiger partial charge in [0.05, 0.1) is 11.3 Å². The smallest absolute Gasteiger partial charge is 0.262 e. The first kappa shape index (κ1) is 14.8. The summed E-state index contributed by atoms with van der Waals surface area (Å²) < 4.78 is 5.50. The lowest BCUT2D eigenvalue weighted by Gasteiger charge is -2.40. The lowest BCUT2D eigenvalue weighted by molar-refractivity contribution is -0.118. The molecule has 1 N–H and O–H groups in total. The molecule has 0 aliphatic carbocycles. The maximum atomic E-state index is 12.9. The lowest BCUT2D eigenvalue weighted by atomic mass is 10.1. The summed E-state index contributed by atoms with van der Waals surface area (Å²) >= 11 is 0. The molecule has 1 saturated heterocycles. The quantitative estimate of drug-likeness (QED) is 0.891. The summed E-state index contributed by atoms with van der Waals surface area (Å²) in [4.78, 5) is 28.5. The number of piperazine rings is 1. The zero-order chi connectivity index (χ0) is 15.7. The Morgan fingerprint density at radius 1 is 1.41 bits per heavy atom. The van der Waals surface area contributed by atoms with Crippen molar-refractivity contribution < 1.29 is 14.3 Å². The molecule has 0 radical (unpaired) electrons. The Kier molecular flexibility index (Phi) is 4.02. The minimum absolute atomic E-state index is 0.0204. The molecule has 1 aromatic rings. The molecule has 0 saturated carbocycles. The highest BCUT2D eigenvalue weighted by atomic mass is 16.5. The molecule has 1 fully saturated rings. The van der Waals surface area contributed by atoms with Gasteiger partial charge in [-0.15, -0.1) is 0 Å². The predicted molar refractivity (Wildman–Crippen MR) is 83.2 cm³/mol. The Morgan fingerprint density at radius 2 is 2.23 bits per heavy atom. The zero-order valence-electron chi connectivity index (χ0n) is 13.0. The summed E-state index contributed by atoms with van der Waals surface area (Å²) in [5.41, 5.74) is 1.10. The molecule has 0 bridgehead atoms. The molecule has 3 rings (SSSR count). The molecule has 2 amide bonds. The summed E-state index contributed by atoms with van der Waals surface area (Å²) in [5.74, 6) is 0.275. The van der Waals surface area contributed by atoms with Crippen LogP contribution in [0.4, 0.5) is 5.69 Å². The van der Waals surface area contributed by atoms with Gasteiger partial charge in [-0.05, 0) is 25.6 Å². The van der Waals surface area contributed by atoms with Gasteiger partial charge in [-0.3, -0.25) is 9.59 Å². The highest BCUT2D eigenvalue weighted by Gasteiger charge is 2.31. The highest BCUT2D eigenvalue weighted by Crippen LogP contribution is 2.33. The average Bonchev–Trinajstić information content (AvgIpc) is 2.53. The standard InChI is InChI=1S/C16H21N3O3/c1-3-11-9-18(2)7-8-19(11)16(21)12-5-4-6-13-15(12)22-10-14(20)17-13/h4-6,11H,3,7-10H2,1-2H3,(H,17,20). The van der Waals surface area contributed by atoms with Crippen molar-refractivity contribution in [1.82, 2.24) is 9.80 Å². The minimum Gasteiger partial charge on any atom is -0.481 e. The Morgan fingerprint density at radius 3 is 3.00 bits per heavy atom. The van der Waals surface area contributed by atoms with Gasteiger partial charge in [0.2, 0.25) is 0 Å². The van der Waals surface area contributed by atoms with E-state index in [-0.39, 0.29) is 24.5 Å². The van der Waals surface area contributed by atoms with Crippen molar-refractivity contribution in [2.24, 2.45) is 0 Å². The Balaban J connectivity index is 1.89. The molecule has 2 aliphatic heterocycles. The van der Waals surface area contributed by atoms with Crippen LogP contribution < -0.4 is 10.1 Å². The summed E-state index contributed by atoms with van der Waals surface area (Å²) in [7, 11) is 2.08. The van der Waals surface area contributed by atoms with Gasteiger partial charge in [-0.2, -0.15) is 0 Å². The van der Waals surface area contributed by atoms with Crippen LogP contribution in [-0.2, 0) is 4.79 Å². The predicted octanol–water partition coefficient (Wildman–Crippen LogP) is 1.18. The van der Waals surface area contributed by atoms with Crippen molar-refractivity contribution in [2.75, 3.05) is 38.6 Å². The van der Waals surface area contributed by atoms with E-state index >= 15 is 0 Å². The number of para-hydroxylation sites is 1. The second-order valence-corrected chi connectivity index (χ2v) is 5.84. The molecule has 6 heteroatoms. The van der Waals surface area contributed by atoms with Crippen molar-refractivity contribution in [3.05, 3.63) is 23.8 Å². The van der Waals surface area contributed by atoms with E-state index in [1.165, 1.54) is 0 Å². The van der Waals surface area contributed by atoms with Crippen molar-refractivity contribution in [1.29, 1.82) is 0 Å². The van der Waals surface area contributed by atoms with Crippen molar-refractivity contribution in [3.8, 4) is 5.75 Å². The number of anilines is 1. The molecule has 1 atom stereocenters. The van der Waals surface area contributed by atoms with E-state index in [0.717, 1.165) is 19.5 Å². The topological polar surface area (TPSA) is 61.9 Å². The maximum Gasteiger partial charge on any atom is 0.262 e. The fourth-order valence-electron chi connectivity index (χ4n) is 3.07. The number of rotatable bonds is 2. The first-order valence-corrected chi connectivity index (χ1v) is 7.65. The number of nitrogens with one attached hydrogen (secondary N) is 1. The van der Waals surface area contributed by atoms with Crippen LogP contribution in [0.2, 0.25) is 0 Å². The van der Waals surface area contributed by atoms with Crippen molar-refractivity contribution in [3.63, 3.8) is 0 Å². The van der Waals surface area contributed by atoms with E-state index in [9.17, 15) is 9.59 Å². The van der Waals surface area contributed by atoms with Crippen LogP contribution in [-0.4, -0.2) is 60.9 Å². The molecule has 1 aromatic carbocycles. The van der Waals surface area contributed by atoms with Crippen LogP contribution in [0.15, 0.2) is 18.2 Å². The minimum atomic E-state index is -0.192. The summed E-state index contributed by atoms with van der Waals surface area (Å²) in [6, 6.07) is 5.51. The van der Waals surface area contributed by atoms with Crippen molar-refractivity contribution in [2.45, 2.75) is 19.4 Å². The van der Waals surface area contributed by atoms with Gasteiger partial charge in [0.25, 0.3) is 11.8 Å². The maximum absolute atomic E-state index is 12.9. The zero-order valence-corrected chi connectivity index (χ0v) is 13.0. The number of benzene rings is 1. The molecule has 6 nitrogen and oxygen atoms in total. The number of hydrogen-bond acceptors (Lipinski definition) is 4. The largest absolute Gasteiger partial charge is 0.481 e. The fraction of sp³-hybridized carbons (Fsp3) is 0.500. The van der Waals surface area contributed by atoms with E-state index in [0.29, 0.717) is 23.5 Å². The monoisotopic (exact) mass is 303 g/mol. The van der Waals surface area contributed by atoms with Crippen LogP contribution in [0.1, 0.15) is 23.7 Å². The van der Waals surface area contributed by atoms with Crippen LogP contribution in [0.5, 0.6) is 5.75 Å². The van der Waals surface area contributed by atoms with E-state index in [2.05, 4.69) is 24.2 Å². The number of likely N-dealkylation sites (N-methyl/N-ethyl adjacent to an activating group) is 1. The van der Waals surface area contributed by atoms with Crippen LogP contribution in [0.3, 0.4) is 0 Å². The van der Waals surface area contributed by atoms with Gasteiger partial charge in [0.1, 0.15) is 0 Å². The molecule has 0 aromatic heterocycles. The van der Waals surface area contributed by atoms with Crippen LogP contribution >= 0.6 is 0 Å². The highest BCUT2D eigenvalue weighted by molar-refractivity contribution is 6.03. The van der Waals surface area contributed by atoms with Crippen molar-refractivity contribution >= 4 is 17.5 Å². The third kappa shape index (κ3) is 2.66. The molecule has 22 heavy (non-hydrogen) atoms. The molecule has 1 unspecified atom stereocenters. The van der Waals surface area contributed by atoms with E-state index < -0.39 is 0 Å². The number of carbonyl (C=O) groups excluding carboxylic acids is 2. The normalized spacial score (nSPS) is 21.8. The SMILES string of the molecule is CCC1CN(C)CCN1C(=O)c1cccc2c1OCC(=O)N2.